The van der Waals surface area contributed by atoms with Crippen LogP contribution in [0.5, 0.6) is 0 Å². The fourth-order valence-corrected chi connectivity index (χ4v) is 3.94. The Hall–Kier alpha value is -3.16. The molecule has 1 aliphatic heterocycles. The van der Waals surface area contributed by atoms with Crippen LogP contribution in [-0.4, -0.2) is 44.5 Å². The maximum atomic E-state index is 12.5. The molecular formula is C20H22N4O4. The number of H-pyrrole nitrogens is 1. The molecule has 2 amide bonds. The van der Waals surface area contributed by atoms with E-state index in [1.807, 2.05) is 12.1 Å². The second-order valence-corrected chi connectivity index (χ2v) is 7.28. The monoisotopic (exact) mass is 382 g/mol. The summed E-state index contributed by atoms with van der Waals surface area (Å²) in [6.45, 7) is 0.693. The lowest BCUT2D eigenvalue weighted by atomic mass is 10.0. The van der Waals surface area contributed by atoms with Crippen LogP contribution in [0.15, 0.2) is 18.2 Å². The molecule has 3 N–H and O–H groups in total. The molecule has 1 aromatic carbocycles. The number of aromatic amines is 1. The summed E-state index contributed by atoms with van der Waals surface area (Å²) < 4.78 is 0. The fourth-order valence-electron chi connectivity index (χ4n) is 3.94. The van der Waals surface area contributed by atoms with Crippen LogP contribution in [0.4, 0.5) is 5.69 Å². The lowest BCUT2D eigenvalue weighted by Crippen LogP contribution is -2.36. The third-order valence-corrected chi connectivity index (χ3v) is 5.44. The highest BCUT2D eigenvalue weighted by Crippen LogP contribution is 2.25. The van der Waals surface area contributed by atoms with Crippen LogP contribution in [0.3, 0.4) is 0 Å². The Morgan fingerprint density at radius 3 is 2.79 bits per heavy atom. The number of benzene rings is 1. The van der Waals surface area contributed by atoms with E-state index in [0.29, 0.717) is 18.5 Å². The zero-order chi connectivity index (χ0) is 19.7. The van der Waals surface area contributed by atoms with Crippen molar-refractivity contribution in [3.63, 3.8) is 0 Å². The standard InChI is InChI=1S/C20H22N4O4/c25-17(21-14-5-4-12-2-1-3-13(12)10-14)6-7-18(26)24-9-8-16-15(11-24)19(20(27)28)23-22-16/h4-5,10H,1-3,6-9,11H2,(H,21,25)(H,22,23)(H,27,28). The highest BCUT2D eigenvalue weighted by Gasteiger charge is 2.27. The highest BCUT2D eigenvalue weighted by molar-refractivity contribution is 5.93. The van der Waals surface area contributed by atoms with Gasteiger partial charge in [0.2, 0.25) is 11.8 Å². The minimum atomic E-state index is -1.11. The zero-order valence-corrected chi connectivity index (χ0v) is 15.5. The van der Waals surface area contributed by atoms with Crippen molar-refractivity contribution < 1.29 is 19.5 Å². The van der Waals surface area contributed by atoms with Crippen LogP contribution in [0, 0.1) is 0 Å². The number of aryl methyl sites for hydroxylation is 2. The van der Waals surface area contributed by atoms with E-state index in [9.17, 15) is 19.5 Å². The molecule has 28 heavy (non-hydrogen) atoms. The van der Waals surface area contributed by atoms with Gasteiger partial charge in [0, 0.05) is 49.3 Å². The van der Waals surface area contributed by atoms with Gasteiger partial charge in [-0.2, -0.15) is 5.10 Å². The Bertz CT molecular complexity index is 950. The number of hydrogen-bond donors (Lipinski definition) is 3. The average Bonchev–Trinajstić information content (AvgIpc) is 3.31. The predicted octanol–water partition coefficient (Wildman–Crippen LogP) is 1.90. The third-order valence-electron chi connectivity index (χ3n) is 5.44. The van der Waals surface area contributed by atoms with E-state index in [2.05, 4.69) is 21.6 Å². The summed E-state index contributed by atoms with van der Waals surface area (Å²) in [6.07, 6.45) is 4.00. The van der Waals surface area contributed by atoms with Crippen molar-refractivity contribution in [3.8, 4) is 0 Å². The molecule has 0 bridgehead atoms. The summed E-state index contributed by atoms with van der Waals surface area (Å²) >= 11 is 0. The van der Waals surface area contributed by atoms with Crippen LogP contribution in [-0.2, 0) is 35.4 Å². The van der Waals surface area contributed by atoms with Gasteiger partial charge in [-0.05, 0) is 42.5 Å². The van der Waals surface area contributed by atoms with E-state index in [4.69, 9.17) is 0 Å². The Morgan fingerprint density at radius 1 is 1.14 bits per heavy atom. The molecule has 0 spiro atoms. The van der Waals surface area contributed by atoms with Gasteiger partial charge in [-0.15, -0.1) is 0 Å². The molecule has 0 saturated carbocycles. The number of hydrogen-bond acceptors (Lipinski definition) is 4. The molecule has 1 aromatic heterocycles. The van der Waals surface area contributed by atoms with Gasteiger partial charge in [-0.1, -0.05) is 6.07 Å². The van der Waals surface area contributed by atoms with E-state index in [0.717, 1.165) is 30.6 Å². The van der Waals surface area contributed by atoms with Crippen molar-refractivity contribution >= 4 is 23.5 Å². The van der Waals surface area contributed by atoms with Gasteiger partial charge < -0.3 is 15.3 Å². The number of carboxylic acid groups (broad SMARTS) is 1. The predicted molar refractivity (Wildman–Crippen MR) is 101 cm³/mol. The molecule has 2 aliphatic rings. The molecule has 0 fully saturated rings. The van der Waals surface area contributed by atoms with Crippen LogP contribution >= 0.6 is 0 Å². The smallest absolute Gasteiger partial charge is 0.356 e. The molecule has 146 valence electrons. The van der Waals surface area contributed by atoms with Crippen molar-refractivity contribution in [2.24, 2.45) is 0 Å². The summed E-state index contributed by atoms with van der Waals surface area (Å²) in [5.41, 5.74) is 4.67. The zero-order valence-electron chi connectivity index (χ0n) is 15.5. The molecule has 2 heterocycles. The SMILES string of the molecule is O=C(CCC(=O)N1CCc2[nH]nc(C(=O)O)c2C1)Nc1ccc2c(c1)CCC2. The summed E-state index contributed by atoms with van der Waals surface area (Å²) in [5.74, 6) is -1.47. The van der Waals surface area contributed by atoms with Crippen LogP contribution in [0.25, 0.3) is 0 Å². The number of nitrogens with zero attached hydrogens (tertiary/aromatic N) is 2. The molecule has 0 atom stereocenters. The quantitative estimate of drug-likeness (QED) is 0.730. The van der Waals surface area contributed by atoms with Gasteiger partial charge in [0.05, 0.1) is 0 Å². The molecule has 8 nitrogen and oxygen atoms in total. The molecule has 8 heteroatoms. The largest absolute Gasteiger partial charge is 0.476 e. The highest BCUT2D eigenvalue weighted by atomic mass is 16.4. The van der Waals surface area contributed by atoms with Crippen LogP contribution in [0.2, 0.25) is 0 Å². The molecule has 0 unspecified atom stereocenters. The first-order chi connectivity index (χ1) is 13.5. The third kappa shape index (κ3) is 3.62. The molecule has 1 aliphatic carbocycles. The molecule has 4 rings (SSSR count). The van der Waals surface area contributed by atoms with Gasteiger partial charge in [-0.3, -0.25) is 14.7 Å². The number of nitrogens with one attached hydrogen (secondary N) is 2. The maximum absolute atomic E-state index is 12.5. The number of fused-ring (bicyclic) bond motifs is 2. The van der Waals surface area contributed by atoms with Crippen LogP contribution < -0.4 is 5.32 Å². The summed E-state index contributed by atoms with van der Waals surface area (Å²) in [5, 5.41) is 18.6. The first kappa shape index (κ1) is 18.2. The lowest BCUT2D eigenvalue weighted by Gasteiger charge is -2.27. The second-order valence-electron chi connectivity index (χ2n) is 7.28. The number of aromatic carboxylic acids is 1. The number of anilines is 1. The van der Waals surface area contributed by atoms with E-state index < -0.39 is 5.97 Å². The second kappa shape index (κ2) is 7.46. The molecule has 2 aromatic rings. The van der Waals surface area contributed by atoms with E-state index >= 15 is 0 Å². The summed E-state index contributed by atoms with van der Waals surface area (Å²) in [7, 11) is 0. The van der Waals surface area contributed by atoms with Crippen molar-refractivity contribution in [1.29, 1.82) is 0 Å². The minimum Gasteiger partial charge on any atom is -0.476 e. The van der Waals surface area contributed by atoms with Gasteiger partial charge in [0.15, 0.2) is 5.69 Å². The number of amides is 2. The van der Waals surface area contributed by atoms with E-state index in [1.54, 1.807) is 4.90 Å². The molecule has 0 radical (unpaired) electrons. The Labute approximate surface area is 161 Å². The average molecular weight is 382 g/mol. The minimum absolute atomic E-state index is 0.0400. The molecule has 0 saturated heterocycles. The number of carbonyl (C=O) groups excluding carboxylic acids is 2. The number of carboxylic acids is 1. The van der Waals surface area contributed by atoms with Gasteiger partial charge >= 0.3 is 5.97 Å². The fraction of sp³-hybridized carbons (Fsp3) is 0.400. The maximum Gasteiger partial charge on any atom is 0.356 e. The van der Waals surface area contributed by atoms with Crippen molar-refractivity contribution in [1.82, 2.24) is 15.1 Å². The van der Waals surface area contributed by atoms with E-state index in [-0.39, 0.29) is 36.9 Å². The number of rotatable bonds is 5. The molecular weight excluding hydrogens is 360 g/mol. The Kier molecular flexibility index (Phi) is 4.85. The lowest BCUT2D eigenvalue weighted by molar-refractivity contribution is -0.133. The van der Waals surface area contributed by atoms with Crippen molar-refractivity contribution in [2.75, 3.05) is 11.9 Å². The van der Waals surface area contributed by atoms with Gasteiger partial charge in [0.25, 0.3) is 0 Å². The normalized spacial score (nSPS) is 15.1. The topological polar surface area (TPSA) is 115 Å². The first-order valence-electron chi connectivity index (χ1n) is 9.50. The Balaban J connectivity index is 1.31. The summed E-state index contributed by atoms with van der Waals surface area (Å²) in [4.78, 5) is 37.5. The first-order valence-corrected chi connectivity index (χ1v) is 9.50. The summed E-state index contributed by atoms with van der Waals surface area (Å²) in [6, 6.07) is 5.97. The Morgan fingerprint density at radius 2 is 1.96 bits per heavy atom. The van der Waals surface area contributed by atoms with E-state index in [1.165, 1.54) is 11.1 Å². The van der Waals surface area contributed by atoms with Crippen molar-refractivity contribution in [3.05, 3.63) is 46.3 Å². The number of carbonyl (C=O) groups is 3. The van der Waals surface area contributed by atoms with Gasteiger partial charge in [0.1, 0.15) is 0 Å². The number of aromatic nitrogens is 2. The van der Waals surface area contributed by atoms with Gasteiger partial charge in [-0.25, -0.2) is 4.79 Å². The van der Waals surface area contributed by atoms with Crippen LogP contribution in [0.1, 0.15) is 52.1 Å². The van der Waals surface area contributed by atoms with Crippen molar-refractivity contribution in [2.45, 2.75) is 45.1 Å².